The van der Waals surface area contributed by atoms with Crippen LogP contribution >= 0.6 is 11.3 Å². The first-order chi connectivity index (χ1) is 13.9. The lowest BCUT2D eigenvalue weighted by Crippen LogP contribution is -2.51. The summed E-state index contributed by atoms with van der Waals surface area (Å²) in [5.41, 5.74) is 2.44. The van der Waals surface area contributed by atoms with E-state index in [1.807, 2.05) is 36.0 Å². The Balaban J connectivity index is 1.37. The van der Waals surface area contributed by atoms with E-state index in [1.165, 1.54) is 17.4 Å². The molecule has 154 valence electrons. The van der Waals surface area contributed by atoms with Crippen LogP contribution in [0.15, 0.2) is 36.4 Å². The number of piperazine rings is 1. The molecule has 0 bridgehead atoms. The minimum Gasteiger partial charge on any atom is -0.378 e. The van der Waals surface area contributed by atoms with E-state index in [9.17, 15) is 13.9 Å². The number of halogens is 2. The summed E-state index contributed by atoms with van der Waals surface area (Å²) in [6, 6.07) is 10.4. The van der Waals surface area contributed by atoms with Crippen molar-refractivity contribution in [3.63, 3.8) is 0 Å². The van der Waals surface area contributed by atoms with E-state index < -0.39 is 17.9 Å². The topological polar surface area (TPSA) is 42.8 Å². The molecule has 1 unspecified atom stereocenters. The molecule has 0 aliphatic carbocycles. The van der Waals surface area contributed by atoms with Crippen LogP contribution in [-0.4, -0.2) is 61.5 Å². The standard InChI is InChI=1S/C21H24F2N4OS/c1-25(2)16-5-3-14(4-6-16)11-19(28)26-7-9-27(10-8-26)21-24-20-17(23)12-15(22)13-18(20)29-21/h3-6,12-13,19,28H,7-11H2,1-2H3. The summed E-state index contributed by atoms with van der Waals surface area (Å²) in [5.74, 6) is -1.21. The molecule has 5 nitrogen and oxygen atoms in total. The summed E-state index contributed by atoms with van der Waals surface area (Å²) < 4.78 is 27.8. The van der Waals surface area contributed by atoms with Gasteiger partial charge in [0.05, 0.1) is 4.70 Å². The van der Waals surface area contributed by atoms with Crippen molar-refractivity contribution >= 4 is 32.4 Å². The predicted octanol–water partition coefficient (Wildman–Crippen LogP) is 3.32. The molecule has 2 heterocycles. The Morgan fingerprint density at radius 1 is 1.10 bits per heavy atom. The van der Waals surface area contributed by atoms with Crippen LogP contribution in [0.5, 0.6) is 0 Å². The largest absolute Gasteiger partial charge is 0.378 e. The summed E-state index contributed by atoms with van der Waals surface area (Å²) in [5, 5.41) is 11.3. The van der Waals surface area contributed by atoms with Crippen LogP contribution < -0.4 is 9.80 Å². The van der Waals surface area contributed by atoms with Crippen molar-refractivity contribution in [2.75, 3.05) is 50.1 Å². The van der Waals surface area contributed by atoms with Gasteiger partial charge >= 0.3 is 0 Å². The smallest absolute Gasteiger partial charge is 0.186 e. The van der Waals surface area contributed by atoms with Crippen molar-refractivity contribution < 1.29 is 13.9 Å². The number of nitrogens with zero attached hydrogens (tertiary/aromatic N) is 4. The van der Waals surface area contributed by atoms with Crippen LogP contribution in [0, 0.1) is 11.6 Å². The third kappa shape index (κ3) is 4.34. The highest BCUT2D eigenvalue weighted by atomic mass is 32.1. The van der Waals surface area contributed by atoms with Gasteiger partial charge in [0.2, 0.25) is 0 Å². The molecular formula is C21H24F2N4OS. The second kappa shape index (κ2) is 8.22. The van der Waals surface area contributed by atoms with Crippen molar-refractivity contribution in [2.45, 2.75) is 12.6 Å². The molecule has 1 fully saturated rings. The van der Waals surface area contributed by atoms with Crippen LogP contribution in [-0.2, 0) is 6.42 Å². The van der Waals surface area contributed by atoms with Gasteiger partial charge in [-0.05, 0) is 23.8 Å². The van der Waals surface area contributed by atoms with Gasteiger partial charge in [0.15, 0.2) is 10.9 Å². The number of rotatable bonds is 5. The maximum absolute atomic E-state index is 13.9. The average Bonchev–Trinajstić information content (AvgIpc) is 3.13. The lowest BCUT2D eigenvalue weighted by Gasteiger charge is -2.37. The quantitative estimate of drug-likeness (QED) is 0.689. The lowest BCUT2D eigenvalue weighted by atomic mass is 10.1. The molecule has 2 aromatic carbocycles. The number of aliphatic hydroxyl groups excluding tert-OH is 1. The van der Waals surface area contributed by atoms with Crippen LogP contribution in [0.2, 0.25) is 0 Å². The Kier molecular flexibility index (Phi) is 5.67. The van der Waals surface area contributed by atoms with Gasteiger partial charge in [-0.25, -0.2) is 13.8 Å². The molecule has 29 heavy (non-hydrogen) atoms. The van der Waals surface area contributed by atoms with Gasteiger partial charge in [-0.3, -0.25) is 4.90 Å². The molecule has 0 spiro atoms. The van der Waals surface area contributed by atoms with Gasteiger partial charge in [-0.15, -0.1) is 0 Å². The number of thiazole rings is 1. The maximum atomic E-state index is 13.9. The first-order valence-electron chi connectivity index (χ1n) is 9.59. The summed E-state index contributed by atoms with van der Waals surface area (Å²) in [7, 11) is 4.00. The van der Waals surface area contributed by atoms with Gasteiger partial charge in [0.25, 0.3) is 0 Å². The number of aromatic nitrogens is 1. The van der Waals surface area contributed by atoms with Crippen molar-refractivity contribution in [2.24, 2.45) is 0 Å². The molecule has 1 aromatic heterocycles. The van der Waals surface area contributed by atoms with Gasteiger partial charge in [0, 0.05) is 58.4 Å². The molecule has 0 saturated carbocycles. The van der Waals surface area contributed by atoms with E-state index in [-0.39, 0.29) is 5.52 Å². The Hall–Kier alpha value is -2.29. The number of hydrogen-bond donors (Lipinski definition) is 1. The van der Waals surface area contributed by atoms with Crippen molar-refractivity contribution in [1.29, 1.82) is 0 Å². The highest BCUT2D eigenvalue weighted by molar-refractivity contribution is 7.22. The fourth-order valence-electron chi connectivity index (χ4n) is 3.56. The highest BCUT2D eigenvalue weighted by Crippen LogP contribution is 2.31. The molecule has 1 atom stereocenters. The molecule has 4 rings (SSSR count). The molecule has 0 radical (unpaired) electrons. The van der Waals surface area contributed by atoms with Crippen LogP contribution in [0.4, 0.5) is 19.6 Å². The second-order valence-corrected chi connectivity index (χ2v) is 8.51. The van der Waals surface area contributed by atoms with E-state index in [1.54, 1.807) is 0 Å². The van der Waals surface area contributed by atoms with Gasteiger partial charge < -0.3 is 14.9 Å². The van der Waals surface area contributed by atoms with Gasteiger partial charge in [0.1, 0.15) is 17.6 Å². The maximum Gasteiger partial charge on any atom is 0.186 e. The Morgan fingerprint density at radius 3 is 2.45 bits per heavy atom. The predicted molar refractivity (Wildman–Crippen MR) is 114 cm³/mol. The van der Waals surface area contributed by atoms with Gasteiger partial charge in [-0.1, -0.05) is 23.5 Å². The van der Waals surface area contributed by atoms with Crippen LogP contribution in [0.25, 0.3) is 10.2 Å². The molecule has 1 aliphatic heterocycles. The second-order valence-electron chi connectivity index (χ2n) is 7.50. The number of anilines is 2. The van der Waals surface area contributed by atoms with E-state index in [0.29, 0.717) is 42.4 Å². The van der Waals surface area contributed by atoms with Crippen molar-refractivity contribution in [1.82, 2.24) is 9.88 Å². The normalized spacial score (nSPS) is 16.4. The van der Waals surface area contributed by atoms with Gasteiger partial charge in [-0.2, -0.15) is 0 Å². The van der Waals surface area contributed by atoms with E-state index in [4.69, 9.17) is 0 Å². The zero-order chi connectivity index (χ0) is 20.5. The molecule has 1 aliphatic rings. The Labute approximate surface area is 172 Å². The number of fused-ring (bicyclic) bond motifs is 1. The van der Waals surface area contributed by atoms with Crippen molar-refractivity contribution in [3.05, 3.63) is 53.6 Å². The lowest BCUT2D eigenvalue weighted by molar-refractivity contribution is 0.00111. The highest BCUT2D eigenvalue weighted by Gasteiger charge is 2.24. The SMILES string of the molecule is CN(C)c1ccc(CC(O)N2CCN(c3nc4c(F)cc(F)cc4s3)CC2)cc1. The summed E-state index contributed by atoms with van der Waals surface area (Å²) in [4.78, 5) is 10.5. The van der Waals surface area contributed by atoms with E-state index >= 15 is 0 Å². The summed E-state index contributed by atoms with van der Waals surface area (Å²) in [6.45, 7) is 2.73. The first-order valence-corrected chi connectivity index (χ1v) is 10.4. The number of hydrogen-bond acceptors (Lipinski definition) is 6. The average molecular weight is 419 g/mol. The minimum absolute atomic E-state index is 0.218. The minimum atomic E-state index is -0.628. The molecule has 1 saturated heterocycles. The molecule has 8 heteroatoms. The number of benzene rings is 2. The Bertz CT molecular complexity index is 984. The molecule has 0 amide bonds. The van der Waals surface area contributed by atoms with E-state index in [2.05, 4.69) is 22.0 Å². The monoisotopic (exact) mass is 418 g/mol. The fraction of sp³-hybridized carbons (Fsp3) is 0.381. The zero-order valence-corrected chi connectivity index (χ0v) is 17.3. The number of aliphatic hydroxyl groups is 1. The third-order valence-electron chi connectivity index (χ3n) is 5.28. The zero-order valence-electron chi connectivity index (χ0n) is 16.5. The van der Waals surface area contributed by atoms with Crippen LogP contribution in [0.3, 0.4) is 0 Å². The summed E-state index contributed by atoms with van der Waals surface area (Å²) >= 11 is 1.30. The summed E-state index contributed by atoms with van der Waals surface area (Å²) in [6.07, 6.45) is 0.0172. The first kappa shape index (κ1) is 20.0. The fourth-order valence-corrected chi connectivity index (χ4v) is 4.62. The van der Waals surface area contributed by atoms with Crippen LogP contribution in [0.1, 0.15) is 5.56 Å². The third-order valence-corrected chi connectivity index (χ3v) is 6.34. The molecular weight excluding hydrogens is 394 g/mol. The van der Waals surface area contributed by atoms with Crippen molar-refractivity contribution in [3.8, 4) is 0 Å². The molecule has 1 N–H and O–H groups in total. The molecule has 3 aromatic rings. The Morgan fingerprint density at radius 2 is 1.79 bits per heavy atom. The van der Waals surface area contributed by atoms with E-state index in [0.717, 1.165) is 17.3 Å².